The molecule has 0 saturated carbocycles. The molecule has 9 nitrogen and oxygen atoms in total. The molecule has 10 heteroatoms. The summed E-state index contributed by atoms with van der Waals surface area (Å²) in [5.74, 6) is 5.40. The quantitative estimate of drug-likeness (QED) is 0.247. The maximum absolute atomic E-state index is 12.5. The third-order valence-electron chi connectivity index (χ3n) is 5.00. The maximum atomic E-state index is 12.5. The van der Waals surface area contributed by atoms with Gasteiger partial charge in [0.25, 0.3) is 14.1 Å². The Morgan fingerprint density at radius 1 is 1.38 bits per heavy atom. The number of nitrogens with zero attached hydrogens (tertiary/aromatic N) is 3. The van der Waals surface area contributed by atoms with Gasteiger partial charge in [0.15, 0.2) is 0 Å². The van der Waals surface area contributed by atoms with Crippen molar-refractivity contribution in [3.05, 3.63) is 44.0 Å². The smallest absolute Gasteiger partial charge is 0.330 e. The topological polar surface area (TPSA) is 90.2 Å². The first-order valence-corrected chi connectivity index (χ1v) is 12.0. The van der Waals surface area contributed by atoms with Crippen molar-refractivity contribution in [3.8, 4) is 11.8 Å². The fourth-order valence-corrected chi connectivity index (χ4v) is 5.42. The largest absolute Gasteiger partial charge is 0.352 e. The Morgan fingerprint density at radius 2 is 2.06 bits per heavy atom. The van der Waals surface area contributed by atoms with E-state index in [2.05, 4.69) is 54.0 Å². The van der Waals surface area contributed by atoms with Crippen molar-refractivity contribution in [2.24, 2.45) is 0 Å². The number of nitrogens with one attached hydrogen (secondary N) is 1. The van der Waals surface area contributed by atoms with Gasteiger partial charge < -0.3 is 18.6 Å². The molecule has 4 unspecified atom stereocenters. The Bertz CT molecular complexity index is 963. The monoisotopic (exact) mass is 464 g/mol. The lowest BCUT2D eigenvalue weighted by Crippen LogP contribution is -2.36. The number of aromatic amines is 1. The molecule has 0 aromatic carbocycles. The second-order valence-corrected chi connectivity index (χ2v) is 9.43. The van der Waals surface area contributed by atoms with Crippen LogP contribution in [0.2, 0.25) is 0 Å². The van der Waals surface area contributed by atoms with Crippen LogP contribution in [0.4, 0.5) is 0 Å². The van der Waals surface area contributed by atoms with Gasteiger partial charge in [-0.2, -0.15) is 0 Å². The normalized spacial score (nSPS) is 21.6. The van der Waals surface area contributed by atoms with Crippen LogP contribution < -0.4 is 11.2 Å². The van der Waals surface area contributed by atoms with Gasteiger partial charge in [0.2, 0.25) is 6.54 Å². The summed E-state index contributed by atoms with van der Waals surface area (Å²) in [6.07, 6.45) is 1.44. The first-order valence-electron chi connectivity index (χ1n) is 10.9. The lowest BCUT2D eigenvalue weighted by atomic mass is 10.1. The molecule has 2 rings (SSSR count). The molecular weight excluding hydrogens is 431 g/mol. The van der Waals surface area contributed by atoms with Crippen LogP contribution in [-0.4, -0.2) is 51.7 Å². The third kappa shape index (κ3) is 6.51. The zero-order valence-corrected chi connectivity index (χ0v) is 20.5. The average Bonchev–Trinajstić information content (AvgIpc) is 3.12. The molecule has 0 radical (unpaired) electrons. The van der Waals surface area contributed by atoms with Crippen molar-refractivity contribution < 1.29 is 13.8 Å². The highest BCUT2D eigenvalue weighted by Crippen LogP contribution is 2.50. The third-order valence-corrected chi connectivity index (χ3v) is 7.15. The number of hydrogen-bond acceptors (Lipinski definition) is 6. The Kier molecular flexibility index (Phi) is 10.1. The molecule has 1 N–H and O–H groups in total. The van der Waals surface area contributed by atoms with Gasteiger partial charge in [-0.25, -0.2) is 16.0 Å². The molecule has 4 atom stereocenters. The Morgan fingerprint density at radius 3 is 2.62 bits per heavy atom. The van der Waals surface area contributed by atoms with Crippen LogP contribution >= 0.6 is 8.53 Å². The van der Waals surface area contributed by atoms with Gasteiger partial charge in [0, 0.05) is 24.7 Å². The fourth-order valence-electron chi connectivity index (χ4n) is 3.67. The molecule has 1 aliphatic heterocycles. The zero-order valence-electron chi connectivity index (χ0n) is 19.6. The zero-order chi connectivity index (χ0) is 23.8. The van der Waals surface area contributed by atoms with Crippen molar-refractivity contribution >= 4 is 8.53 Å². The van der Waals surface area contributed by atoms with Gasteiger partial charge in [-0.05, 0) is 41.0 Å². The van der Waals surface area contributed by atoms with Crippen molar-refractivity contribution in [2.75, 3.05) is 13.2 Å². The summed E-state index contributed by atoms with van der Waals surface area (Å²) < 4.78 is 22.2. The van der Waals surface area contributed by atoms with E-state index in [1.807, 2.05) is 6.92 Å². The van der Waals surface area contributed by atoms with E-state index >= 15 is 0 Å². The van der Waals surface area contributed by atoms with Crippen molar-refractivity contribution in [1.29, 1.82) is 0 Å². The predicted octanol–water partition coefficient (Wildman–Crippen LogP) is 3.27. The van der Waals surface area contributed by atoms with E-state index in [0.29, 0.717) is 12.8 Å². The summed E-state index contributed by atoms with van der Waals surface area (Å²) in [4.78, 5) is 30.1. The van der Waals surface area contributed by atoms with E-state index in [1.54, 1.807) is 6.92 Å². The molecule has 1 aromatic rings. The number of aromatic nitrogens is 2. The van der Waals surface area contributed by atoms with E-state index in [4.69, 9.17) is 20.4 Å². The second kappa shape index (κ2) is 12.3. The Hall–Kier alpha value is -2.00. The number of H-pyrrole nitrogens is 1. The van der Waals surface area contributed by atoms with Gasteiger partial charge in [-0.3, -0.25) is 14.3 Å². The SMILES string of the molecule is [C-]#[N+]CCOP(OC1CC(n2cc(C#CC)c(=O)[nH]c2=O)OC1CC)N(C(C)C)C(C)C. The van der Waals surface area contributed by atoms with Crippen LogP contribution in [0.5, 0.6) is 0 Å². The summed E-state index contributed by atoms with van der Waals surface area (Å²) >= 11 is 0. The van der Waals surface area contributed by atoms with E-state index < -0.39 is 26.0 Å². The van der Waals surface area contributed by atoms with E-state index in [9.17, 15) is 9.59 Å². The van der Waals surface area contributed by atoms with Gasteiger partial charge in [0.1, 0.15) is 18.4 Å². The number of hydrogen-bond donors (Lipinski definition) is 1. The average molecular weight is 465 g/mol. The van der Waals surface area contributed by atoms with E-state index in [1.165, 1.54) is 10.8 Å². The lowest BCUT2D eigenvalue weighted by molar-refractivity contribution is -0.0201. The molecule has 1 saturated heterocycles. The van der Waals surface area contributed by atoms with Crippen LogP contribution in [0.15, 0.2) is 15.8 Å². The van der Waals surface area contributed by atoms with Crippen LogP contribution in [0, 0.1) is 18.4 Å². The summed E-state index contributed by atoms with van der Waals surface area (Å²) in [5.41, 5.74) is -0.845. The molecule has 0 aliphatic carbocycles. The molecule has 176 valence electrons. The molecular formula is C22H33N4O5P. The molecule has 0 bridgehead atoms. The standard InChI is InChI=1S/C22H33N4O5P/c1-8-10-17-14-25(22(28)24-21(17)27)20-13-19(18(9-2)30-20)31-32(29-12-11-23-7)26(15(3)4)16(5)6/h14-16,18-20H,9,11-13H2,1-6H3,(H,24,27,28). The van der Waals surface area contributed by atoms with Gasteiger partial charge in [-0.15, -0.1) is 5.92 Å². The Balaban J connectivity index is 2.29. The fraction of sp³-hybridized carbons (Fsp3) is 0.682. The summed E-state index contributed by atoms with van der Waals surface area (Å²) in [6.45, 7) is 19.5. The minimum absolute atomic E-state index is 0.184. The first kappa shape index (κ1) is 26.3. The summed E-state index contributed by atoms with van der Waals surface area (Å²) in [7, 11) is -1.43. The summed E-state index contributed by atoms with van der Waals surface area (Å²) in [6, 6.07) is 0.369. The maximum Gasteiger partial charge on any atom is 0.330 e. The van der Waals surface area contributed by atoms with Gasteiger partial charge in [-0.1, -0.05) is 12.8 Å². The van der Waals surface area contributed by atoms with E-state index in [-0.39, 0.29) is 43.0 Å². The van der Waals surface area contributed by atoms with Crippen LogP contribution in [-0.2, 0) is 13.8 Å². The van der Waals surface area contributed by atoms with Gasteiger partial charge >= 0.3 is 5.69 Å². The van der Waals surface area contributed by atoms with E-state index in [0.717, 1.165) is 0 Å². The molecule has 32 heavy (non-hydrogen) atoms. The minimum Gasteiger partial charge on any atom is -0.352 e. The van der Waals surface area contributed by atoms with Crippen molar-refractivity contribution in [2.45, 2.75) is 84.9 Å². The first-order chi connectivity index (χ1) is 15.2. The van der Waals surface area contributed by atoms with Crippen molar-refractivity contribution in [3.63, 3.8) is 0 Å². The molecule has 1 aliphatic rings. The van der Waals surface area contributed by atoms with Gasteiger partial charge in [0.05, 0.1) is 12.2 Å². The molecule has 0 amide bonds. The van der Waals surface area contributed by atoms with Crippen molar-refractivity contribution in [1.82, 2.24) is 14.2 Å². The van der Waals surface area contributed by atoms with Crippen LogP contribution in [0.25, 0.3) is 4.85 Å². The van der Waals surface area contributed by atoms with Crippen LogP contribution in [0.1, 0.15) is 66.2 Å². The highest BCUT2D eigenvalue weighted by atomic mass is 31.2. The highest BCUT2D eigenvalue weighted by Gasteiger charge is 2.40. The summed E-state index contributed by atoms with van der Waals surface area (Å²) in [5, 5.41) is 0. The lowest BCUT2D eigenvalue weighted by Gasteiger charge is -2.37. The molecule has 1 aromatic heterocycles. The predicted molar refractivity (Wildman–Crippen MR) is 124 cm³/mol. The second-order valence-electron chi connectivity index (χ2n) is 8.02. The number of rotatable bonds is 10. The molecule has 0 spiro atoms. The highest BCUT2D eigenvalue weighted by molar-refractivity contribution is 7.44. The Labute approximate surface area is 190 Å². The van der Waals surface area contributed by atoms with Crippen LogP contribution in [0.3, 0.4) is 0 Å². The number of ether oxygens (including phenoxy) is 1. The molecule has 1 fully saturated rings. The minimum atomic E-state index is -1.43. The molecule has 2 heterocycles.